The fourth-order valence-corrected chi connectivity index (χ4v) is 3.33. The van der Waals surface area contributed by atoms with E-state index in [9.17, 15) is 4.79 Å². The van der Waals surface area contributed by atoms with Crippen molar-refractivity contribution < 1.29 is 4.79 Å². The third-order valence-corrected chi connectivity index (χ3v) is 4.82. The lowest BCUT2D eigenvalue weighted by Crippen LogP contribution is -2.46. The molecule has 0 bridgehead atoms. The van der Waals surface area contributed by atoms with Crippen molar-refractivity contribution in [3.63, 3.8) is 0 Å². The lowest BCUT2D eigenvalue weighted by molar-refractivity contribution is -0.126. The van der Waals surface area contributed by atoms with E-state index >= 15 is 0 Å². The summed E-state index contributed by atoms with van der Waals surface area (Å²) in [4.78, 5) is 12.7. The average molecular weight is 339 g/mol. The normalized spacial score (nSPS) is 18.8. The lowest BCUT2D eigenvalue weighted by atomic mass is 9.78. The second-order valence-corrected chi connectivity index (χ2v) is 6.61. The van der Waals surface area contributed by atoms with Crippen LogP contribution in [0.15, 0.2) is 28.7 Å². The number of amides is 1. The Bertz CT molecular complexity index is 469. The Kier molecular flexibility index (Phi) is 5.22. The molecule has 0 aromatic heterocycles. The molecule has 1 saturated carbocycles. The largest absolute Gasteiger partial charge is 0.354 e. The molecule has 2 rings (SSSR count). The molecule has 3 nitrogen and oxygen atoms in total. The highest BCUT2D eigenvalue weighted by atomic mass is 79.9. The fraction of sp³-hybridized carbons (Fsp3) is 0.562. The Hall–Kier alpha value is -0.870. The summed E-state index contributed by atoms with van der Waals surface area (Å²) in [7, 11) is 1.91. The number of carbonyl (C=O) groups excluding carboxylic acids is 1. The third-order valence-electron chi connectivity index (χ3n) is 4.33. The van der Waals surface area contributed by atoms with Crippen molar-refractivity contribution >= 4 is 21.8 Å². The Balaban J connectivity index is 2.19. The highest BCUT2D eigenvalue weighted by Crippen LogP contribution is 2.42. The van der Waals surface area contributed by atoms with Crippen LogP contribution < -0.4 is 10.6 Å². The van der Waals surface area contributed by atoms with Gasteiger partial charge in [0.05, 0.1) is 5.41 Å². The molecule has 0 radical (unpaired) electrons. The number of carbonyl (C=O) groups is 1. The summed E-state index contributed by atoms with van der Waals surface area (Å²) < 4.78 is 1.04. The van der Waals surface area contributed by atoms with E-state index in [1.54, 1.807) is 0 Å². The van der Waals surface area contributed by atoms with Crippen molar-refractivity contribution in [2.24, 2.45) is 0 Å². The molecular weight excluding hydrogens is 316 g/mol. The van der Waals surface area contributed by atoms with Crippen molar-refractivity contribution in [1.29, 1.82) is 0 Å². The van der Waals surface area contributed by atoms with Gasteiger partial charge >= 0.3 is 0 Å². The third kappa shape index (κ3) is 3.23. The Morgan fingerprint density at radius 1 is 1.40 bits per heavy atom. The van der Waals surface area contributed by atoms with Crippen LogP contribution >= 0.6 is 15.9 Å². The standard InChI is InChI=1S/C16H23BrN2O/c1-12(18-2)11-19-15(20)16(8-3-4-9-16)13-6-5-7-14(17)10-13/h5-7,10,12,18H,3-4,8-9,11H2,1-2H3,(H,19,20). The molecular formula is C16H23BrN2O. The van der Waals surface area contributed by atoms with Crippen LogP contribution in [0.2, 0.25) is 0 Å². The van der Waals surface area contributed by atoms with Crippen molar-refractivity contribution in [2.45, 2.75) is 44.1 Å². The Morgan fingerprint density at radius 3 is 2.70 bits per heavy atom. The van der Waals surface area contributed by atoms with Gasteiger partial charge in [-0.05, 0) is 44.5 Å². The molecule has 0 saturated heterocycles. The summed E-state index contributed by atoms with van der Waals surface area (Å²) in [5.74, 6) is 0.176. The van der Waals surface area contributed by atoms with Gasteiger partial charge in [-0.15, -0.1) is 0 Å². The molecule has 0 spiro atoms. The zero-order chi connectivity index (χ0) is 14.6. The molecule has 1 aliphatic rings. The van der Waals surface area contributed by atoms with Gasteiger partial charge in [0.1, 0.15) is 0 Å². The molecule has 4 heteroatoms. The van der Waals surface area contributed by atoms with E-state index in [4.69, 9.17) is 0 Å². The highest BCUT2D eigenvalue weighted by Gasteiger charge is 2.42. The number of benzene rings is 1. The van der Waals surface area contributed by atoms with Crippen LogP contribution in [0.4, 0.5) is 0 Å². The molecule has 110 valence electrons. The molecule has 1 fully saturated rings. The Labute approximate surface area is 129 Å². The van der Waals surface area contributed by atoms with Crippen LogP contribution in [0.25, 0.3) is 0 Å². The summed E-state index contributed by atoms with van der Waals surface area (Å²) in [5, 5.41) is 6.27. The number of hydrogen-bond acceptors (Lipinski definition) is 2. The van der Waals surface area contributed by atoms with Crippen LogP contribution in [-0.2, 0) is 10.2 Å². The Morgan fingerprint density at radius 2 is 2.10 bits per heavy atom. The fourth-order valence-electron chi connectivity index (χ4n) is 2.93. The molecule has 0 heterocycles. The predicted molar refractivity (Wildman–Crippen MR) is 85.8 cm³/mol. The van der Waals surface area contributed by atoms with Crippen molar-refractivity contribution in [2.75, 3.05) is 13.6 Å². The molecule has 1 amide bonds. The number of nitrogens with one attached hydrogen (secondary N) is 2. The quantitative estimate of drug-likeness (QED) is 0.866. The van der Waals surface area contributed by atoms with E-state index in [0.717, 1.165) is 35.7 Å². The first-order chi connectivity index (χ1) is 9.58. The summed E-state index contributed by atoms with van der Waals surface area (Å²) in [6, 6.07) is 8.49. The molecule has 1 aliphatic carbocycles. The van der Waals surface area contributed by atoms with Crippen LogP contribution in [0.5, 0.6) is 0 Å². The molecule has 1 atom stereocenters. The summed E-state index contributed by atoms with van der Waals surface area (Å²) >= 11 is 3.51. The van der Waals surface area contributed by atoms with Crippen molar-refractivity contribution in [3.05, 3.63) is 34.3 Å². The van der Waals surface area contributed by atoms with Crippen molar-refractivity contribution in [1.82, 2.24) is 10.6 Å². The summed E-state index contributed by atoms with van der Waals surface area (Å²) in [6.45, 7) is 2.74. The molecule has 20 heavy (non-hydrogen) atoms. The van der Waals surface area contributed by atoms with Gasteiger partial charge in [0.2, 0.25) is 5.91 Å². The predicted octanol–water partition coefficient (Wildman–Crippen LogP) is 2.99. The van der Waals surface area contributed by atoms with Crippen LogP contribution in [0, 0.1) is 0 Å². The maximum absolute atomic E-state index is 12.7. The molecule has 1 unspecified atom stereocenters. The van der Waals surface area contributed by atoms with Gasteiger partial charge in [-0.2, -0.15) is 0 Å². The monoisotopic (exact) mass is 338 g/mol. The minimum Gasteiger partial charge on any atom is -0.354 e. The molecule has 1 aromatic carbocycles. The average Bonchev–Trinajstić information content (AvgIpc) is 2.95. The second-order valence-electron chi connectivity index (χ2n) is 5.70. The number of rotatable bonds is 5. The van der Waals surface area contributed by atoms with E-state index in [2.05, 4.69) is 45.6 Å². The SMILES string of the molecule is CNC(C)CNC(=O)C1(c2cccc(Br)c2)CCCC1. The zero-order valence-electron chi connectivity index (χ0n) is 12.2. The van der Waals surface area contributed by atoms with Crippen LogP contribution in [-0.4, -0.2) is 25.5 Å². The van der Waals surface area contributed by atoms with Gasteiger partial charge in [-0.25, -0.2) is 0 Å². The van der Waals surface area contributed by atoms with Gasteiger partial charge < -0.3 is 10.6 Å². The number of halogens is 1. The molecule has 2 N–H and O–H groups in total. The van der Waals surface area contributed by atoms with Gasteiger partial charge in [-0.1, -0.05) is 40.9 Å². The van der Waals surface area contributed by atoms with Gasteiger partial charge in [0.15, 0.2) is 0 Å². The summed E-state index contributed by atoms with van der Waals surface area (Å²) in [5.41, 5.74) is 0.802. The molecule has 1 aromatic rings. The number of hydrogen-bond donors (Lipinski definition) is 2. The lowest BCUT2D eigenvalue weighted by Gasteiger charge is -2.29. The maximum Gasteiger partial charge on any atom is 0.230 e. The first-order valence-corrected chi connectivity index (χ1v) is 8.09. The van der Waals surface area contributed by atoms with Gasteiger partial charge in [-0.3, -0.25) is 4.79 Å². The van der Waals surface area contributed by atoms with Gasteiger partial charge in [0, 0.05) is 17.1 Å². The van der Waals surface area contributed by atoms with Crippen LogP contribution in [0.1, 0.15) is 38.2 Å². The smallest absolute Gasteiger partial charge is 0.230 e. The highest BCUT2D eigenvalue weighted by molar-refractivity contribution is 9.10. The van der Waals surface area contributed by atoms with Gasteiger partial charge in [0.25, 0.3) is 0 Å². The first-order valence-electron chi connectivity index (χ1n) is 7.30. The van der Waals surface area contributed by atoms with Crippen molar-refractivity contribution in [3.8, 4) is 0 Å². The zero-order valence-corrected chi connectivity index (χ0v) is 13.8. The summed E-state index contributed by atoms with van der Waals surface area (Å²) in [6.07, 6.45) is 4.15. The number of likely N-dealkylation sites (N-methyl/N-ethyl adjacent to an activating group) is 1. The first kappa shape index (κ1) is 15.5. The topological polar surface area (TPSA) is 41.1 Å². The van der Waals surface area contributed by atoms with E-state index < -0.39 is 0 Å². The van der Waals surface area contributed by atoms with E-state index in [-0.39, 0.29) is 11.3 Å². The minimum atomic E-state index is -0.336. The second kappa shape index (κ2) is 6.72. The van der Waals surface area contributed by atoms with E-state index in [0.29, 0.717) is 12.6 Å². The van der Waals surface area contributed by atoms with E-state index in [1.807, 2.05) is 19.2 Å². The molecule has 0 aliphatic heterocycles. The van der Waals surface area contributed by atoms with E-state index in [1.165, 1.54) is 0 Å². The minimum absolute atomic E-state index is 0.176. The van der Waals surface area contributed by atoms with Crippen LogP contribution in [0.3, 0.4) is 0 Å². The maximum atomic E-state index is 12.7.